The minimum absolute atomic E-state index is 0.154. The molecule has 1 aliphatic carbocycles. The Morgan fingerprint density at radius 3 is 2.58 bits per heavy atom. The smallest absolute Gasteiger partial charge is 0.186 e. The van der Waals surface area contributed by atoms with Crippen LogP contribution < -0.4 is 5.32 Å². The first kappa shape index (κ1) is 17.6. The molecule has 0 heterocycles. The van der Waals surface area contributed by atoms with Crippen LogP contribution in [0.25, 0.3) is 0 Å². The first-order valence-corrected chi connectivity index (χ1v) is 10.3. The average molecular weight is 412 g/mol. The predicted octanol–water partition coefficient (Wildman–Crippen LogP) is 4.03. The SMILES string of the molecule is CCNC1CCc2cc(Br)ccc2C1S(=O)(=O)c1ccc(F)cc1. The third-order valence-electron chi connectivity index (χ3n) is 4.44. The molecule has 0 saturated carbocycles. The second-order valence-corrected chi connectivity index (χ2v) is 8.95. The molecule has 24 heavy (non-hydrogen) atoms. The topological polar surface area (TPSA) is 46.2 Å². The zero-order chi connectivity index (χ0) is 17.3. The van der Waals surface area contributed by atoms with Gasteiger partial charge in [-0.25, -0.2) is 12.8 Å². The molecule has 3 rings (SSSR count). The van der Waals surface area contributed by atoms with Crippen molar-refractivity contribution in [3.8, 4) is 0 Å². The molecule has 128 valence electrons. The maximum atomic E-state index is 13.3. The van der Waals surface area contributed by atoms with Gasteiger partial charge in [0, 0.05) is 10.5 Å². The molecular weight excluding hydrogens is 393 g/mol. The van der Waals surface area contributed by atoms with E-state index < -0.39 is 20.9 Å². The molecule has 3 nitrogen and oxygen atoms in total. The molecule has 2 aromatic rings. The van der Waals surface area contributed by atoms with Gasteiger partial charge in [0.2, 0.25) is 0 Å². The first-order chi connectivity index (χ1) is 11.4. The molecule has 0 spiro atoms. The predicted molar refractivity (Wildman–Crippen MR) is 96.3 cm³/mol. The minimum Gasteiger partial charge on any atom is -0.313 e. The van der Waals surface area contributed by atoms with E-state index >= 15 is 0 Å². The van der Waals surface area contributed by atoms with Gasteiger partial charge in [0.05, 0.1) is 4.90 Å². The van der Waals surface area contributed by atoms with Crippen molar-refractivity contribution in [3.63, 3.8) is 0 Å². The van der Waals surface area contributed by atoms with E-state index in [-0.39, 0.29) is 10.9 Å². The van der Waals surface area contributed by atoms with Crippen molar-refractivity contribution in [2.75, 3.05) is 6.54 Å². The number of aryl methyl sites for hydroxylation is 1. The molecule has 2 atom stereocenters. The van der Waals surface area contributed by atoms with Crippen molar-refractivity contribution in [1.29, 1.82) is 0 Å². The van der Waals surface area contributed by atoms with E-state index in [9.17, 15) is 12.8 Å². The molecule has 1 aliphatic rings. The third-order valence-corrected chi connectivity index (χ3v) is 7.12. The maximum absolute atomic E-state index is 13.3. The van der Waals surface area contributed by atoms with Crippen molar-refractivity contribution >= 4 is 25.8 Å². The second-order valence-electron chi connectivity index (χ2n) is 5.97. The number of nitrogens with one attached hydrogen (secondary N) is 1. The highest BCUT2D eigenvalue weighted by Crippen LogP contribution is 2.40. The number of halogens is 2. The van der Waals surface area contributed by atoms with Gasteiger partial charge >= 0.3 is 0 Å². The lowest BCUT2D eigenvalue weighted by atomic mass is 9.88. The monoisotopic (exact) mass is 411 g/mol. The molecule has 1 N–H and O–H groups in total. The number of hydrogen-bond acceptors (Lipinski definition) is 3. The van der Waals surface area contributed by atoms with Crippen molar-refractivity contribution in [3.05, 3.63) is 63.9 Å². The van der Waals surface area contributed by atoms with Crippen molar-refractivity contribution in [1.82, 2.24) is 5.32 Å². The number of rotatable bonds is 4. The normalized spacial score (nSPS) is 20.6. The summed E-state index contributed by atoms with van der Waals surface area (Å²) >= 11 is 3.45. The number of hydrogen-bond donors (Lipinski definition) is 1. The third kappa shape index (κ3) is 3.27. The van der Waals surface area contributed by atoms with Gasteiger partial charge in [-0.15, -0.1) is 0 Å². The van der Waals surface area contributed by atoms with Gasteiger partial charge in [-0.1, -0.05) is 28.9 Å². The Morgan fingerprint density at radius 2 is 1.92 bits per heavy atom. The van der Waals surface area contributed by atoms with E-state index in [1.165, 1.54) is 24.3 Å². The zero-order valence-electron chi connectivity index (χ0n) is 13.3. The van der Waals surface area contributed by atoms with E-state index in [1.807, 2.05) is 25.1 Å². The van der Waals surface area contributed by atoms with Crippen LogP contribution in [0.2, 0.25) is 0 Å². The lowest BCUT2D eigenvalue weighted by Crippen LogP contribution is -2.41. The molecule has 6 heteroatoms. The van der Waals surface area contributed by atoms with Crippen LogP contribution >= 0.6 is 15.9 Å². The fraction of sp³-hybridized carbons (Fsp3) is 0.333. The summed E-state index contributed by atoms with van der Waals surface area (Å²) in [5, 5.41) is 2.65. The lowest BCUT2D eigenvalue weighted by Gasteiger charge is -2.34. The van der Waals surface area contributed by atoms with E-state index in [2.05, 4.69) is 21.2 Å². The summed E-state index contributed by atoms with van der Waals surface area (Å²) in [6, 6.07) is 10.7. The van der Waals surface area contributed by atoms with Crippen molar-refractivity contribution < 1.29 is 12.8 Å². The lowest BCUT2D eigenvalue weighted by molar-refractivity contribution is 0.443. The maximum Gasteiger partial charge on any atom is 0.186 e. The van der Waals surface area contributed by atoms with Gasteiger partial charge in [0.1, 0.15) is 11.1 Å². The van der Waals surface area contributed by atoms with Crippen LogP contribution in [0.15, 0.2) is 51.8 Å². The standard InChI is InChI=1S/C18H19BrFNO2S/c1-2-21-17-10-3-12-11-13(19)4-9-16(12)18(17)24(22,23)15-7-5-14(20)6-8-15/h4-9,11,17-18,21H,2-3,10H2,1H3. The van der Waals surface area contributed by atoms with Crippen molar-refractivity contribution in [2.45, 2.75) is 36.0 Å². The van der Waals surface area contributed by atoms with Crippen LogP contribution in [0, 0.1) is 5.82 Å². The summed E-state index contributed by atoms with van der Waals surface area (Å²) in [6.07, 6.45) is 1.59. The Bertz CT molecular complexity index is 837. The van der Waals surface area contributed by atoms with Gasteiger partial charge in [-0.3, -0.25) is 0 Å². The number of benzene rings is 2. The average Bonchev–Trinajstić information content (AvgIpc) is 2.55. The van der Waals surface area contributed by atoms with Gasteiger partial charge in [-0.05, 0) is 66.9 Å². The van der Waals surface area contributed by atoms with Crippen molar-refractivity contribution in [2.24, 2.45) is 0 Å². The van der Waals surface area contributed by atoms with E-state index in [0.717, 1.165) is 28.4 Å². The van der Waals surface area contributed by atoms with E-state index in [1.54, 1.807) is 0 Å². The van der Waals surface area contributed by atoms with Crippen LogP contribution in [-0.2, 0) is 16.3 Å². The van der Waals surface area contributed by atoms with Crippen LogP contribution in [0.1, 0.15) is 29.7 Å². The molecule has 0 saturated heterocycles. The summed E-state index contributed by atoms with van der Waals surface area (Å²) in [5.74, 6) is -0.440. The number of sulfone groups is 1. The fourth-order valence-electron chi connectivity index (χ4n) is 3.37. The Hall–Kier alpha value is -1.24. The van der Waals surface area contributed by atoms with Crippen LogP contribution in [-0.4, -0.2) is 21.0 Å². The second kappa shape index (κ2) is 6.94. The fourth-order valence-corrected chi connectivity index (χ4v) is 5.82. The molecule has 0 aromatic heterocycles. The molecule has 0 fully saturated rings. The largest absolute Gasteiger partial charge is 0.313 e. The molecule has 0 aliphatic heterocycles. The van der Waals surface area contributed by atoms with E-state index in [0.29, 0.717) is 6.54 Å². The summed E-state index contributed by atoms with van der Waals surface area (Å²) < 4.78 is 40.6. The highest BCUT2D eigenvalue weighted by Gasteiger charge is 2.39. The summed E-state index contributed by atoms with van der Waals surface area (Å²) in [4.78, 5) is 0.160. The highest BCUT2D eigenvalue weighted by molar-refractivity contribution is 9.10. The van der Waals surface area contributed by atoms with Gasteiger partial charge in [0.25, 0.3) is 0 Å². The molecule has 0 radical (unpaired) electrons. The molecule has 2 aromatic carbocycles. The highest BCUT2D eigenvalue weighted by atomic mass is 79.9. The molecule has 0 bridgehead atoms. The number of likely N-dealkylation sites (N-methyl/N-ethyl adjacent to an activating group) is 1. The number of fused-ring (bicyclic) bond motifs is 1. The Morgan fingerprint density at radius 1 is 1.21 bits per heavy atom. The van der Waals surface area contributed by atoms with Crippen LogP contribution in [0.5, 0.6) is 0 Å². The minimum atomic E-state index is -3.62. The Labute approximate surface area is 150 Å². The molecular formula is C18H19BrFNO2S. The Kier molecular flexibility index (Phi) is 5.08. The quantitative estimate of drug-likeness (QED) is 0.772. The van der Waals surface area contributed by atoms with Crippen LogP contribution in [0.4, 0.5) is 4.39 Å². The Balaban J connectivity index is 2.12. The first-order valence-electron chi connectivity index (χ1n) is 7.94. The van der Waals surface area contributed by atoms with E-state index in [4.69, 9.17) is 0 Å². The summed E-state index contributed by atoms with van der Waals surface area (Å²) in [6.45, 7) is 2.67. The van der Waals surface area contributed by atoms with Gasteiger partial charge in [0.15, 0.2) is 9.84 Å². The van der Waals surface area contributed by atoms with Crippen LogP contribution in [0.3, 0.4) is 0 Å². The van der Waals surface area contributed by atoms with Gasteiger partial charge in [-0.2, -0.15) is 0 Å². The van der Waals surface area contributed by atoms with Gasteiger partial charge < -0.3 is 5.32 Å². The zero-order valence-corrected chi connectivity index (χ0v) is 15.7. The summed E-state index contributed by atoms with van der Waals surface area (Å²) in [5.41, 5.74) is 1.88. The molecule has 0 amide bonds. The molecule has 2 unspecified atom stereocenters. The summed E-state index contributed by atoms with van der Waals surface area (Å²) in [7, 11) is -3.62.